The molecule has 2 fully saturated rings. The molecule has 5 N–H and O–H groups in total. The Hall–Kier alpha value is -1.78. The number of ether oxygens (including phenoxy) is 1. The summed E-state index contributed by atoms with van der Waals surface area (Å²) in [5, 5.41) is 16.8. The molecule has 73 heavy (non-hydrogen) atoms. The minimum Gasteiger partial charge on any atom is -1.00 e. The molecule has 0 saturated heterocycles. The van der Waals surface area contributed by atoms with Gasteiger partial charge in [-0.25, -0.2) is 54.3 Å². The number of aromatic nitrogens is 4. The van der Waals surface area contributed by atoms with Crippen LogP contribution in [0.15, 0.2) is 71.2 Å². The van der Waals surface area contributed by atoms with Crippen LogP contribution in [-0.2, 0) is 40.4 Å². The Bertz CT molecular complexity index is 2960. The van der Waals surface area contributed by atoms with Crippen molar-refractivity contribution in [2.75, 3.05) is 24.7 Å². The second-order valence-electron chi connectivity index (χ2n) is 18.6. The number of rotatable bonds is 11. The molecule has 0 bridgehead atoms. The van der Waals surface area contributed by atoms with Crippen molar-refractivity contribution in [1.29, 1.82) is 0 Å². The van der Waals surface area contributed by atoms with Gasteiger partial charge in [0.05, 0.1) is 42.9 Å². The number of hydrogen-bond donors (Lipinski definition) is 3. The molecule has 26 heteroatoms. The van der Waals surface area contributed by atoms with Gasteiger partial charge in [-0.15, -0.1) is 0 Å². The van der Waals surface area contributed by atoms with Gasteiger partial charge in [0.25, 0.3) is 6.47 Å². The maximum atomic E-state index is 14.8. The number of carbonyl (C=O) groups excluding carboxylic acids is 1. The number of carbonyl (C=O) groups is 1. The molecule has 8 rings (SSSR count). The second kappa shape index (κ2) is 27.2. The van der Waals surface area contributed by atoms with Crippen molar-refractivity contribution in [1.82, 2.24) is 19.9 Å². The predicted octanol–water partition coefficient (Wildman–Crippen LogP) is 0.112. The summed E-state index contributed by atoms with van der Waals surface area (Å²) in [6, 6.07) is 7.75. The summed E-state index contributed by atoms with van der Waals surface area (Å²) in [5.41, 5.74) is 9.56. The van der Waals surface area contributed by atoms with Crippen LogP contribution in [0.3, 0.4) is 0 Å². The maximum absolute atomic E-state index is 14.8. The number of aliphatic imine (C=N–C) groups is 2. The normalized spacial score (nSPS) is 22.2. The number of aliphatic hydroxyl groups is 1. The molecular weight excluding hydrogens is 1260 g/mol. The Morgan fingerprint density at radius 1 is 0.740 bits per heavy atom. The standard InChI is InChI=1S/C23H26F2N4O3S.C19H19ClF2N4O2S.C4H8O.CH2O3.2Cs.H/c1-22(2)21(26)29-23(3,13-33(22,30)31)16-8-15(6-7-17(16)24)9-18(25)19-10-28-20(11-27-19)32-12-14-4-5-14;1-18(2)17(23)26-19(3,10-29(18,27)28)12-6-11(4-5-13(12)21)7-14(22)15-8-25-16(20)9-24-15;5-3-4-1-2-4;2-1-4-3;;;/h6-11,14H,4-5,12-13H2,1-3H3,(H2,26,29);4-9H,10H2,1-3H3,(H2,23,26);4-5H,1-3H2;1,3H;;;/q;;;;2*+1;-1/p-1/b18-9-;14-7-;;;;;/t23-;19-;;;;;/m00...../s1. The monoisotopic (exact) mass is 1320 g/mol. The summed E-state index contributed by atoms with van der Waals surface area (Å²) in [5.74, 6) is -2.18. The average molecular weight is 1320 g/mol. The van der Waals surface area contributed by atoms with Crippen molar-refractivity contribution < 1.29 is 198 Å². The molecule has 4 aromatic rings. The number of aliphatic hydroxyl groups excluding tert-OH is 1. The summed E-state index contributed by atoms with van der Waals surface area (Å²) in [4.78, 5) is 35.6. The molecule has 0 unspecified atom stereocenters. The van der Waals surface area contributed by atoms with Crippen molar-refractivity contribution in [3.8, 4) is 5.88 Å². The third kappa shape index (κ3) is 17.1. The van der Waals surface area contributed by atoms with Crippen LogP contribution >= 0.6 is 11.6 Å². The first-order valence-corrected chi connectivity index (χ1v) is 25.6. The SMILES string of the molecule is CC1(C)C(N)=N[C@](C)(c2cc(/C=C(\F)c3cnc(Cl)cn3)ccc2F)CS1(=O)=O.CC1(C)C(N)=N[C@](C)(c2cc(/C=C(\F)c3cnc(OCC4CC4)cn3)ccc2F)CS1(=O)=O.O=CO[O-].OCC1CC1.[Cs+].[Cs+].[H-]. The molecule has 4 heterocycles. The number of sulfone groups is 2. The third-order valence-electron chi connectivity index (χ3n) is 12.1. The number of amidine groups is 2. The second-order valence-corrected chi connectivity index (χ2v) is 24.0. The van der Waals surface area contributed by atoms with Crippen LogP contribution in [0.4, 0.5) is 17.6 Å². The van der Waals surface area contributed by atoms with E-state index in [1.807, 2.05) is 0 Å². The van der Waals surface area contributed by atoms with Crippen molar-refractivity contribution in [3.63, 3.8) is 0 Å². The first-order chi connectivity index (χ1) is 33.1. The fourth-order valence-corrected chi connectivity index (χ4v) is 10.3. The Morgan fingerprint density at radius 2 is 1.15 bits per heavy atom. The van der Waals surface area contributed by atoms with Gasteiger partial charge >= 0.3 is 138 Å². The fourth-order valence-electron chi connectivity index (χ4n) is 6.83. The first kappa shape index (κ1) is 65.5. The molecule has 2 atom stereocenters. The zero-order valence-corrected chi connectivity index (χ0v) is 56.5. The molecule has 0 spiro atoms. The van der Waals surface area contributed by atoms with E-state index in [4.69, 9.17) is 43.0 Å². The summed E-state index contributed by atoms with van der Waals surface area (Å²) >= 11 is 5.64. The largest absolute Gasteiger partial charge is 1.00 e. The average Bonchev–Trinajstić information content (AvgIpc) is 4.25. The van der Waals surface area contributed by atoms with E-state index in [0.717, 1.165) is 31.1 Å². The maximum Gasteiger partial charge on any atom is 1.00 e. The van der Waals surface area contributed by atoms with E-state index in [2.05, 4.69) is 34.8 Å². The van der Waals surface area contributed by atoms with Gasteiger partial charge in [0.1, 0.15) is 60.4 Å². The number of nitrogens with zero attached hydrogens (tertiary/aromatic N) is 6. The van der Waals surface area contributed by atoms with E-state index >= 15 is 0 Å². The van der Waals surface area contributed by atoms with Crippen LogP contribution < -0.4 is 159 Å². The Morgan fingerprint density at radius 3 is 1.47 bits per heavy atom. The van der Waals surface area contributed by atoms with Crippen LogP contribution in [0.5, 0.6) is 5.88 Å². The molecule has 0 radical (unpaired) electrons. The molecule has 2 aliphatic carbocycles. The quantitative estimate of drug-likeness (QED) is 0.0779. The Balaban J connectivity index is 0.000000421. The van der Waals surface area contributed by atoms with Crippen LogP contribution in [0, 0.1) is 23.5 Å². The summed E-state index contributed by atoms with van der Waals surface area (Å²) in [7, 11) is -7.42. The topological polar surface area (TPSA) is 275 Å². The number of benzene rings is 2. The fraction of sp³-hybridized carbons (Fsp3) is 0.426. The minimum atomic E-state index is -3.71. The smallest absolute Gasteiger partial charge is 1.00 e. The van der Waals surface area contributed by atoms with Crippen molar-refractivity contribution in [2.24, 2.45) is 33.3 Å². The molecule has 2 saturated carbocycles. The van der Waals surface area contributed by atoms with Crippen LogP contribution in [-0.4, -0.2) is 94.2 Å². The van der Waals surface area contributed by atoms with E-state index in [0.29, 0.717) is 42.1 Å². The number of nitrogens with two attached hydrogens (primary N) is 2. The van der Waals surface area contributed by atoms with Gasteiger partial charge in [0.2, 0.25) is 5.88 Å². The molecule has 0 amide bonds. The molecule has 2 aromatic heterocycles. The molecule has 4 aliphatic rings. The summed E-state index contributed by atoms with van der Waals surface area (Å²) in [6.07, 6.45) is 12.1. The first-order valence-electron chi connectivity index (χ1n) is 21.9. The number of hydrogen-bond acceptors (Lipinski definition) is 17. The molecule has 2 aliphatic heterocycles. The van der Waals surface area contributed by atoms with Crippen molar-refractivity contribution in [3.05, 3.63) is 112 Å². The van der Waals surface area contributed by atoms with Gasteiger partial charge in [0, 0.05) is 17.7 Å². The molecule has 17 nitrogen and oxygen atoms in total. The van der Waals surface area contributed by atoms with E-state index in [1.54, 1.807) is 0 Å². The van der Waals surface area contributed by atoms with Crippen LogP contribution in [0.2, 0.25) is 5.15 Å². The number of halogens is 5. The van der Waals surface area contributed by atoms with E-state index in [1.165, 1.54) is 110 Å². The van der Waals surface area contributed by atoms with E-state index in [9.17, 15) is 34.4 Å². The summed E-state index contributed by atoms with van der Waals surface area (Å²) in [6.45, 7) is 9.64. The zero-order valence-electron chi connectivity index (χ0n) is 42.6. The van der Waals surface area contributed by atoms with Crippen molar-refractivity contribution in [2.45, 2.75) is 87.8 Å². The third-order valence-corrected chi connectivity index (χ3v) is 17.7. The van der Waals surface area contributed by atoms with Crippen LogP contribution in [0.1, 0.15) is 102 Å². The minimum absolute atomic E-state index is 0. The van der Waals surface area contributed by atoms with Crippen molar-refractivity contribution >= 4 is 73.2 Å². The molecule has 386 valence electrons. The van der Waals surface area contributed by atoms with Gasteiger partial charge in [-0.3, -0.25) is 14.8 Å². The molecular formula is C47H55ClCs2F4N8O9S2. The predicted molar refractivity (Wildman–Crippen MR) is 260 cm³/mol. The van der Waals surface area contributed by atoms with Gasteiger partial charge in [0.15, 0.2) is 31.3 Å². The van der Waals surface area contributed by atoms with Gasteiger partial charge in [-0.1, -0.05) is 23.7 Å². The molecule has 2 aromatic carbocycles. The van der Waals surface area contributed by atoms with Gasteiger partial charge in [-0.05, 0) is 127 Å². The van der Waals surface area contributed by atoms with Gasteiger partial charge < -0.3 is 32.9 Å². The van der Waals surface area contributed by atoms with E-state index < -0.39 is 75.0 Å². The van der Waals surface area contributed by atoms with Crippen LogP contribution in [0.25, 0.3) is 23.8 Å². The van der Waals surface area contributed by atoms with E-state index in [-0.39, 0.29) is 185 Å². The van der Waals surface area contributed by atoms with Gasteiger partial charge in [-0.2, -0.15) is 0 Å². The summed E-state index contributed by atoms with van der Waals surface area (Å²) < 4.78 is 112. The Kier molecular flexibility index (Phi) is 24.4. The zero-order chi connectivity index (χ0) is 52.7. The Labute approximate surface area is 546 Å².